The average Bonchev–Trinajstić information content (AvgIpc) is 3.14. The third-order valence-electron chi connectivity index (χ3n) is 5.30. The molecule has 1 amide bonds. The van der Waals surface area contributed by atoms with E-state index in [0.717, 1.165) is 9.69 Å². The summed E-state index contributed by atoms with van der Waals surface area (Å²) in [6.07, 6.45) is -0.180. The van der Waals surface area contributed by atoms with E-state index in [2.05, 4.69) is 0 Å². The molecule has 0 unspecified atom stereocenters. The molecule has 0 N–H and O–H groups in total. The molecule has 0 radical (unpaired) electrons. The van der Waals surface area contributed by atoms with Gasteiger partial charge in [-0.1, -0.05) is 18.2 Å². The van der Waals surface area contributed by atoms with Gasteiger partial charge in [-0.05, 0) is 31.2 Å². The van der Waals surface area contributed by atoms with Gasteiger partial charge in [0, 0.05) is 23.1 Å². The molecule has 32 heavy (non-hydrogen) atoms. The number of ether oxygens (including phenoxy) is 1. The zero-order valence-corrected chi connectivity index (χ0v) is 17.9. The lowest BCUT2D eigenvalue weighted by Crippen LogP contribution is -2.41. The van der Waals surface area contributed by atoms with Crippen molar-refractivity contribution in [2.75, 3.05) is 11.4 Å². The second-order valence-corrected chi connectivity index (χ2v) is 9.11. The van der Waals surface area contributed by atoms with E-state index in [-0.39, 0.29) is 34.1 Å². The van der Waals surface area contributed by atoms with Crippen molar-refractivity contribution in [3.05, 3.63) is 76.5 Å². The largest absolute Gasteiger partial charge is 0.496 e. The standard InChI is InChI=1S/C23H17NO7S/c1-13-9-21-20(30-13)12-22(25)24(32(21,27)28)15-7-8-16(19(11-15)29-2)17-10-14-5-3-4-6-18(14)31-23(17)26/h3-11H,12H2,1-2H3. The minimum absolute atomic E-state index is 0.0344. The minimum Gasteiger partial charge on any atom is -0.496 e. The van der Waals surface area contributed by atoms with Crippen LogP contribution in [0.25, 0.3) is 22.1 Å². The highest BCUT2D eigenvalue weighted by Gasteiger charge is 2.40. The number of anilines is 1. The monoisotopic (exact) mass is 451 g/mol. The molecule has 2 aromatic heterocycles. The summed E-state index contributed by atoms with van der Waals surface area (Å²) < 4.78 is 43.2. The Bertz CT molecular complexity index is 1560. The highest BCUT2D eigenvalue weighted by atomic mass is 32.2. The summed E-state index contributed by atoms with van der Waals surface area (Å²) in [5, 5.41) is 0.727. The van der Waals surface area contributed by atoms with Crippen LogP contribution in [0.1, 0.15) is 11.5 Å². The summed E-state index contributed by atoms with van der Waals surface area (Å²) >= 11 is 0. The van der Waals surface area contributed by atoms with Crippen molar-refractivity contribution >= 4 is 32.6 Å². The number of sulfonamides is 1. The Kier molecular flexibility index (Phi) is 4.45. The van der Waals surface area contributed by atoms with Crippen LogP contribution in [0.15, 0.2) is 73.1 Å². The first kappa shape index (κ1) is 20.1. The number of amides is 1. The van der Waals surface area contributed by atoms with E-state index in [0.29, 0.717) is 16.9 Å². The number of fused-ring (bicyclic) bond motifs is 2. The fraction of sp³-hybridized carbons (Fsp3) is 0.130. The summed E-state index contributed by atoms with van der Waals surface area (Å²) in [6, 6.07) is 14.6. The van der Waals surface area contributed by atoms with Gasteiger partial charge in [0.25, 0.3) is 10.0 Å². The molecule has 0 spiro atoms. The predicted molar refractivity (Wildman–Crippen MR) is 116 cm³/mol. The number of para-hydroxylation sites is 1. The van der Waals surface area contributed by atoms with E-state index in [1.807, 2.05) is 12.1 Å². The number of rotatable bonds is 3. The maximum Gasteiger partial charge on any atom is 0.344 e. The van der Waals surface area contributed by atoms with Crippen LogP contribution in [-0.2, 0) is 21.2 Å². The van der Waals surface area contributed by atoms with E-state index >= 15 is 0 Å². The van der Waals surface area contributed by atoms with Crippen LogP contribution in [0, 0.1) is 6.92 Å². The molecule has 0 bridgehead atoms. The van der Waals surface area contributed by atoms with Gasteiger partial charge in [0.2, 0.25) is 5.91 Å². The van der Waals surface area contributed by atoms with Crippen molar-refractivity contribution in [3.8, 4) is 16.9 Å². The molecule has 5 rings (SSSR count). The Labute approximate surface area is 182 Å². The maximum atomic E-state index is 13.1. The van der Waals surface area contributed by atoms with Crippen molar-refractivity contribution in [2.45, 2.75) is 18.2 Å². The van der Waals surface area contributed by atoms with Gasteiger partial charge in [-0.15, -0.1) is 0 Å². The van der Waals surface area contributed by atoms with Crippen LogP contribution in [0.5, 0.6) is 5.75 Å². The van der Waals surface area contributed by atoms with E-state index < -0.39 is 21.6 Å². The summed E-state index contributed by atoms with van der Waals surface area (Å²) in [6.45, 7) is 1.62. The zero-order chi connectivity index (χ0) is 22.6. The van der Waals surface area contributed by atoms with Crippen LogP contribution in [0.3, 0.4) is 0 Å². The number of hydrogen-bond donors (Lipinski definition) is 0. The molecule has 0 aliphatic carbocycles. The van der Waals surface area contributed by atoms with Crippen LogP contribution < -0.4 is 14.7 Å². The Morgan fingerprint density at radius 1 is 0.969 bits per heavy atom. The van der Waals surface area contributed by atoms with Crippen molar-refractivity contribution < 1.29 is 26.8 Å². The number of furan rings is 1. The molecule has 0 saturated heterocycles. The molecule has 0 atom stereocenters. The maximum absolute atomic E-state index is 13.1. The molecule has 2 aromatic carbocycles. The number of hydrogen-bond acceptors (Lipinski definition) is 7. The van der Waals surface area contributed by atoms with Gasteiger partial charge in [-0.25, -0.2) is 17.5 Å². The molecule has 1 aliphatic heterocycles. The SMILES string of the molecule is COc1cc(N2C(=O)Cc3oc(C)cc3S2(=O)=O)ccc1-c1cc2ccccc2oc1=O. The fourth-order valence-electron chi connectivity index (χ4n) is 3.88. The van der Waals surface area contributed by atoms with E-state index in [9.17, 15) is 18.0 Å². The van der Waals surface area contributed by atoms with E-state index in [4.69, 9.17) is 13.6 Å². The molecular formula is C23H17NO7S. The number of carbonyl (C=O) groups excluding carboxylic acids is 1. The highest BCUT2D eigenvalue weighted by Crippen LogP contribution is 2.38. The number of nitrogens with zero attached hydrogens (tertiary/aromatic N) is 1. The molecular weight excluding hydrogens is 434 g/mol. The van der Waals surface area contributed by atoms with Crippen molar-refractivity contribution in [1.29, 1.82) is 0 Å². The molecule has 0 fully saturated rings. The van der Waals surface area contributed by atoms with Crippen LogP contribution in [0.4, 0.5) is 5.69 Å². The second kappa shape index (κ2) is 7.10. The van der Waals surface area contributed by atoms with Crippen molar-refractivity contribution in [1.82, 2.24) is 0 Å². The third kappa shape index (κ3) is 3.01. The molecule has 162 valence electrons. The average molecular weight is 451 g/mol. The van der Waals surface area contributed by atoms with Gasteiger partial charge >= 0.3 is 5.63 Å². The Hall–Kier alpha value is -3.85. The number of methoxy groups -OCH3 is 1. The first-order valence-electron chi connectivity index (χ1n) is 9.68. The summed E-state index contributed by atoms with van der Waals surface area (Å²) in [5.41, 5.74) is 0.665. The quantitative estimate of drug-likeness (QED) is 0.438. The molecule has 4 aromatic rings. The smallest absolute Gasteiger partial charge is 0.344 e. The number of aryl methyl sites for hydroxylation is 1. The highest BCUT2D eigenvalue weighted by molar-refractivity contribution is 7.93. The fourth-order valence-corrected chi connectivity index (χ4v) is 5.52. The first-order chi connectivity index (χ1) is 15.3. The number of benzene rings is 2. The lowest BCUT2D eigenvalue weighted by Gasteiger charge is -2.26. The summed E-state index contributed by atoms with van der Waals surface area (Å²) in [4.78, 5) is 25.3. The summed E-state index contributed by atoms with van der Waals surface area (Å²) in [5.74, 6) is 0.111. The lowest BCUT2D eigenvalue weighted by atomic mass is 10.0. The summed E-state index contributed by atoms with van der Waals surface area (Å²) in [7, 11) is -2.75. The number of carbonyl (C=O) groups is 1. The molecule has 8 nitrogen and oxygen atoms in total. The van der Waals surface area contributed by atoms with Crippen LogP contribution in [-0.4, -0.2) is 21.4 Å². The third-order valence-corrected chi connectivity index (χ3v) is 7.10. The van der Waals surface area contributed by atoms with Gasteiger partial charge < -0.3 is 13.6 Å². The second-order valence-electron chi connectivity index (χ2n) is 7.35. The van der Waals surface area contributed by atoms with Crippen molar-refractivity contribution in [3.63, 3.8) is 0 Å². The topological polar surface area (TPSA) is 107 Å². The lowest BCUT2D eigenvalue weighted by molar-refractivity contribution is -0.117. The minimum atomic E-state index is -4.15. The Morgan fingerprint density at radius 3 is 2.53 bits per heavy atom. The molecule has 0 saturated carbocycles. The molecule has 9 heteroatoms. The van der Waals surface area contributed by atoms with Crippen LogP contribution in [0.2, 0.25) is 0 Å². The Balaban J connectivity index is 1.64. The van der Waals surface area contributed by atoms with Gasteiger partial charge in [0.1, 0.15) is 27.7 Å². The van der Waals surface area contributed by atoms with E-state index in [1.165, 1.54) is 31.4 Å². The van der Waals surface area contributed by atoms with Gasteiger partial charge in [0.05, 0.1) is 24.8 Å². The van der Waals surface area contributed by atoms with Crippen molar-refractivity contribution in [2.24, 2.45) is 0 Å². The van der Waals surface area contributed by atoms with Crippen LogP contribution >= 0.6 is 0 Å². The Morgan fingerprint density at radius 2 is 1.75 bits per heavy atom. The van der Waals surface area contributed by atoms with Gasteiger partial charge in [-0.2, -0.15) is 0 Å². The normalized spacial score (nSPS) is 15.1. The first-order valence-corrected chi connectivity index (χ1v) is 11.1. The zero-order valence-electron chi connectivity index (χ0n) is 17.1. The molecule has 1 aliphatic rings. The van der Waals surface area contributed by atoms with Gasteiger partial charge in [-0.3, -0.25) is 4.79 Å². The predicted octanol–water partition coefficient (Wildman–Crippen LogP) is 3.65. The molecule has 3 heterocycles. The van der Waals surface area contributed by atoms with E-state index in [1.54, 1.807) is 25.1 Å². The van der Waals surface area contributed by atoms with Gasteiger partial charge in [0.15, 0.2) is 0 Å².